The van der Waals surface area contributed by atoms with Gasteiger partial charge in [0.1, 0.15) is 5.78 Å². The molecular weight excluding hydrogens is 424 g/mol. The van der Waals surface area contributed by atoms with E-state index >= 15 is 0 Å². The molecule has 1 aliphatic heterocycles. The highest BCUT2D eigenvalue weighted by Gasteiger charge is 2.34. The lowest BCUT2D eigenvalue weighted by Crippen LogP contribution is -2.48. The molecule has 6 nitrogen and oxygen atoms in total. The maximum absolute atomic E-state index is 12.8. The van der Waals surface area contributed by atoms with Gasteiger partial charge in [-0.3, -0.25) is 9.59 Å². The molecule has 1 aliphatic carbocycles. The fraction of sp³-hybridized carbons (Fsp3) is 0.680. The molecule has 1 heterocycles. The summed E-state index contributed by atoms with van der Waals surface area (Å²) in [5.41, 5.74) is 2.16. The first-order valence-corrected chi connectivity index (χ1v) is 13.5. The van der Waals surface area contributed by atoms with E-state index in [1.807, 2.05) is 17.0 Å². The molecule has 0 bridgehead atoms. The van der Waals surface area contributed by atoms with Crippen LogP contribution in [0.2, 0.25) is 0 Å². The molecule has 0 aromatic heterocycles. The van der Waals surface area contributed by atoms with E-state index in [9.17, 15) is 18.0 Å². The van der Waals surface area contributed by atoms with Crippen LogP contribution in [-0.2, 0) is 25.8 Å². The van der Waals surface area contributed by atoms with Gasteiger partial charge in [-0.1, -0.05) is 12.1 Å². The SMILES string of the molecule is CC(=O)N1CCN(c2ccc(CC(=O)C3CCC(CS(=O)(=O)C(C)(C)C)CC3)cc2)CC1. The van der Waals surface area contributed by atoms with E-state index in [4.69, 9.17) is 0 Å². The van der Waals surface area contributed by atoms with Crippen LogP contribution in [0.5, 0.6) is 0 Å². The molecule has 1 aromatic carbocycles. The van der Waals surface area contributed by atoms with E-state index in [0.717, 1.165) is 63.1 Å². The van der Waals surface area contributed by atoms with Gasteiger partial charge in [0.05, 0.1) is 10.5 Å². The molecule has 2 aliphatic rings. The first-order chi connectivity index (χ1) is 15.0. The van der Waals surface area contributed by atoms with Crippen molar-refractivity contribution in [2.24, 2.45) is 11.8 Å². The van der Waals surface area contributed by atoms with E-state index < -0.39 is 14.6 Å². The number of amides is 1. The first kappa shape index (κ1) is 24.7. The summed E-state index contributed by atoms with van der Waals surface area (Å²) in [7, 11) is -3.11. The van der Waals surface area contributed by atoms with Gasteiger partial charge in [-0.2, -0.15) is 0 Å². The molecule has 1 saturated carbocycles. The number of carbonyl (C=O) groups excluding carboxylic acids is 2. The van der Waals surface area contributed by atoms with Crippen LogP contribution in [0, 0.1) is 11.8 Å². The van der Waals surface area contributed by atoms with Gasteiger partial charge in [-0.25, -0.2) is 8.42 Å². The predicted molar refractivity (Wildman–Crippen MR) is 129 cm³/mol. The third-order valence-corrected chi connectivity index (χ3v) is 9.87. The van der Waals surface area contributed by atoms with E-state index in [0.29, 0.717) is 6.42 Å². The van der Waals surface area contributed by atoms with Gasteiger partial charge in [0.2, 0.25) is 5.91 Å². The first-order valence-electron chi connectivity index (χ1n) is 11.8. The summed E-state index contributed by atoms with van der Waals surface area (Å²) in [5.74, 6) is 0.849. The summed E-state index contributed by atoms with van der Waals surface area (Å²) in [6.07, 6.45) is 3.66. The van der Waals surface area contributed by atoms with Crippen molar-refractivity contribution in [2.75, 3.05) is 36.8 Å². The summed E-state index contributed by atoms with van der Waals surface area (Å²) in [6.45, 7) is 10.0. The van der Waals surface area contributed by atoms with Crippen LogP contribution >= 0.6 is 0 Å². The molecule has 1 aromatic rings. The molecule has 32 heavy (non-hydrogen) atoms. The van der Waals surface area contributed by atoms with Gasteiger partial charge >= 0.3 is 0 Å². The topological polar surface area (TPSA) is 74.8 Å². The number of benzene rings is 1. The normalized spacial score (nSPS) is 22.6. The molecule has 7 heteroatoms. The minimum atomic E-state index is -3.11. The van der Waals surface area contributed by atoms with Crippen LogP contribution in [0.4, 0.5) is 5.69 Å². The molecule has 0 unspecified atom stereocenters. The average Bonchev–Trinajstić information content (AvgIpc) is 2.74. The second kappa shape index (κ2) is 9.94. The second-order valence-corrected chi connectivity index (χ2v) is 13.2. The van der Waals surface area contributed by atoms with E-state index in [1.54, 1.807) is 27.7 Å². The molecule has 1 saturated heterocycles. The van der Waals surface area contributed by atoms with Gasteiger partial charge in [0.15, 0.2) is 9.84 Å². The maximum atomic E-state index is 12.8. The summed E-state index contributed by atoms with van der Waals surface area (Å²) in [4.78, 5) is 28.5. The summed E-state index contributed by atoms with van der Waals surface area (Å²) in [5, 5.41) is 0. The number of nitrogens with zero attached hydrogens (tertiary/aromatic N) is 2. The zero-order valence-electron chi connectivity index (χ0n) is 20.0. The van der Waals surface area contributed by atoms with E-state index in [2.05, 4.69) is 17.0 Å². The summed E-state index contributed by atoms with van der Waals surface area (Å²) >= 11 is 0. The third kappa shape index (κ3) is 6.12. The summed E-state index contributed by atoms with van der Waals surface area (Å²) in [6, 6.07) is 8.21. The fourth-order valence-corrected chi connectivity index (χ4v) is 6.12. The largest absolute Gasteiger partial charge is 0.368 e. The van der Waals surface area contributed by atoms with Crippen LogP contribution in [0.25, 0.3) is 0 Å². The van der Waals surface area contributed by atoms with Crippen molar-refractivity contribution in [1.29, 1.82) is 0 Å². The lowest BCUT2D eigenvalue weighted by atomic mass is 9.79. The minimum Gasteiger partial charge on any atom is -0.368 e. The van der Waals surface area contributed by atoms with Crippen LogP contribution in [0.3, 0.4) is 0 Å². The number of piperazine rings is 1. The molecule has 178 valence electrons. The number of Topliss-reactive ketones (excluding diaryl/α,β-unsaturated/α-hetero) is 1. The van der Waals surface area contributed by atoms with Crippen molar-refractivity contribution in [2.45, 2.75) is 64.5 Å². The molecule has 0 radical (unpaired) electrons. The van der Waals surface area contributed by atoms with Crippen molar-refractivity contribution in [3.63, 3.8) is 0 Å². The van der Waals surface area contributed by atoms with Crippen LogP contribution in [-0.4, -0.2) is 61.7 Å². The van der Waals surface area contributed by atoms with Crippen LogP contribution in [0.15, 0.2) is 24.3 Å². The number of carbonyl (C=O) groups is 2. The number of rotatable bonds is 6. The fourth-order valence-electron chi connectivity index (χ4n) is 4.66. The molecule has 1 amide bonds. The highest BCUT2D eigenvalue weighted by Crippen LogP contribution is 2.33. The molecular formula is C25H38N2O4S. The van der Waals surface area contributed by atoms with Gasteiger partial charge in [-0.05, 0) is 70.1 Å². The van der Waals surface area contributed by atoms with Crippen molar-refractivity contribution >= 4 is 27.2 Å². The van der Waals surface area contributed by atoms with Gasteiger partial charge in [-0.15, -0.1) is 0 Å². The molecule has 3 rings (SSSR count). The molecule has 2 fully saturated rings. The Balaban J connectivity index is 1.47. The number of sulfone groups is 1. The Labute approximate surface area is 193 Å². The highest BCUT2D eigenvalue weighted by molar-refractivity contribution is 7.92. The average molecular weight is 463 g/mol. The maximum Gasteiger partial charge on any atom is 0.219 e. The van der Waals surface area contributed by atoms with Crippen molar-refractivity contribution in [1.82, 2.24) is 4.90 Å². The standard InChI is InChI=1S/C25H38N2O4S/c1-19(28)26-13-15-27(16-14-26)23-11-7-20(8-12-23)17-24(29)22-9-5-21(6-10-22)18-32(30,31)25(2,3)4/h7-8,11-12,21-22H,5-6,9-10,13-18H2,1-4H3. The zero-order valence-corrected chi connectivity index (χ0v) is 20.8. The van der Waals surface area contributed by atoms with Crippen LogP contribution in [0.1, 0.15) is 58.9 Å². The Kier molecular flexibility index (Phi) is 7.69. The quantitative estimate of drug-likeness (QED) is 0.647. The Bertz CT molecular complexity index is 902. The van der Waals surface area contributed by atoms with Crippen LogP contribution < -0.4 is 4.90 Å². The Morgan fingerprint density at radius 1 is 0.938 bits per heavy atom. The Hall–Kier alpha value is -1.89. The van der Waals surface area contributed by atoms with Crippen molar-refractivity contribution in [3.05, 3.63) is 29.8 Å². The van der Waals surface area contributed by atoms with Gasteiger partial charge < -0.3 is 9.80 Å². The third-order valence-electron chi connectivity index (χ3n) is 7.10. The Morgan fingerprint density at radius 2 is 1.50 bits per heavy atom. The smallest absolute Gasteiger partial charge is 0.219 e. The van der Waals surface area contributed by atoms with E-state index in [-0.39, 0.29) is 29.3 Å². The van der Waals surface area contributed by atoms with E-state index in [1.165, 1.54) is 0 Å². The number of anilines is 1. The molecule has 0 atom stereocenters. The zero-order chi connectivity index (χ0) is 23.5. The number of hydrogen-bond acceptors (Lipinski definition) is 5. The monoisotopic (exact) mass is 462 g/mol. The van der Waals surface area contributed by atoms with Crippen molar-refractivity contribution in [3.8, 4) is 0 Å². The van der Waals surface area contributed by atoms with Gasteiger partial charge in [0.25, 0.3) is 0 Å². The van der Waals surface area contributed by atoms with Crippen molar-refractivity contribution < 1.29 is 18.0 Å². The Morgan fingerprint density at radius 3 is 2.00 bits per heavy atom. The molecule has 0 N–H and O–H groups in total. The lowest BCUT2D eigenvalue weighted by Gasteiger charge is -2.35. The predicted octanol–water partition coefficient (Wildman–Crippen LogP) is 3.49. The number of hydrogen-bond donors (Lipinski definition) is 0. The lowest BCUT2D eigenvalue weighted by molar-refractivity contribution is -0.129. The highest BCUT2D eigenvalue weighted by atomic mass is 32.2. The van der Waals surface area contributed by atoms with Gasteiger partial charge in [0, 0.05) is 51.1 Å². The minimum absolute atomic E-state index is 0.0444. The number of ketones is 1. The summed E-state index contributed by atoms with van der Waals surface area (Å²) < 4.78 is 24.2. The molecule has 0 spiro atoms. The second-order valence-electron chi connectivity index (χ2n) is 10.4.